The van der Waals surface area contributed by atoms with Crippen LogP contribution in [0, 0.1) is 0 Å². The number of carbonyl (C=O) groups excluding carboxylic acids is 1. The van der Waals surface area contributed by atoms with Crippen molar-refractivity contribution >= 4 is 5.91 Å². The van der Waals surface area contributed by atoms with Crippen LogP contribution in [0.2, 0.25) is 0 Å². The third-order valence-electron chi connectivity index (χ3n) is 3.71. The van der Waals surface area contributed by atoms with Crippen LogP contribution in [-0.4, -0.2) is 49.7 Å². The molecule has 98 valence electrons. The molecule has 0 aliphatic carbocycles. The van der Waals surface area contributed by atoms with E-state index < -0.39 is 0 Å². The van der Waals surface area contributed by atoms with Gasteiger partial charge in [0, 0.05) is 25.7 Å². The number of carbonyl (C=O) groups is 1. The summed E-state index contributed by atoms with van der Waals surface area (Å²) >= 11 is 0. The van der Waals surface area contributed by atoms with Gasteiger partial charge in [-0.1, -0.05) is 6.42 Å². The quantitative estimate of drug-likeness (QED) is 0.733. The lowest BCUT2D eigenvalue weighted by Gasteiger charge is -2.23. The Morgan fingerprint density at radius 1 is 1.24 bits per heavy atom. The second kappa shape index (κ2) is 6.97. The third kappa shape index (κ3) is 4.28. The number of rotatable bonds is 5. The lowest BCUT2D eigenvalue weighted by molar-refractivity contribution is -0.135. The highest BCUT2D eigenvalue weighted by Gasteiger charge is 2.18. The van der Waals surface area contributed by atoms with Crippen LogP contribution < -0.4 is 5.32 Å². The standard InChI is InChI=1S/C13H24N2O2/c16-13(15-8-3-4-9-15)11-17-10-6-12-5-1-2-7-14-12/h12,14H,1-11H2. The van der Waals surface area contributed by atoms with Crippen LogP contribution in [0.3, 0.4) is 0 Å². The van der Waals surface area contributed by atoms with Crippen molar-refractivity contribution < 1.29 is 9.53 Å². The Hall–Kier alpha value is -0.610. The average molecular weight is 240 g/mol. The predicted octanol–water partition coefficient (Wildman–Crippen LogP) is 1.16. The molecule has 1 unspecified atom stereocenters. The molecule has 0 radical (unpaired) electrons. The van der Waals surface area contributed by atoms with E-state index in [0.29, 0.717) is 12.6 Å². The van der Waals surface area contributed by atoms with Gasteiger partial charge in [0.15, 0.2) is 0 Å². The van der Waals surface area contributed by atoms with Gasteiger partial charge in [-0.3, -0.25) is 4.79 Å². The minimum atomic E-state index is 0.166. The van der Waals surface area contributed by atoms with Crippen LogP contribution in [-0.2, 0) is 9.53 Å². The number of nitrogens with one attached hydrogen (secondary N) is 1. The van der Waals surface area contributed by atoms with E-state index >= 15 is 0 Å². The first-order valence-corrected chi connectivity index (χ1v) is 6.95. The number of amides is 1. The van der Waals surface area contributed by atoms with Crippen molar-refractivity contribution in [1.82, 2.24) is 10.2 Å². The summed E-state index contributed by atoms with van der Waals surface area (Å²) in [6.07, 6.45) is 7.21. The molecule has 1 N–H and O–H groups in total. The Balaban J connectivity index is 1.51. The molecule has 4 heteroatoms. The van der Waals surface area contributed by atoms with Gasteiger partial charge in [-0.25, -0.2) is 0 Å². The minimum absolute atomic E-state index is 0.166. The number of ether oxygens (including phenoxy) is 1. The van der Waals surface area contributed by atoms with Crippen molar-refractivity contribution in [2.45, 2.75) is 44.6 Å². The van der Waals surface area contributed by atoms with Crippen LogP contribution >= 0.6 is 0 Å². The molecule has 0 bridgehead atoms. The Morgan fingerprint density at radius 2 is 2.06 bits per heavy atom. The van der Waals surface area contributed by atoms with Crippen molar-refractivity contribution in [1.29, 1.82) is 0 Å². The highest BCUT2D eigenvalue weighted by molar-refractivity contribution is 5.77. The fourth-order valence-corrected chi connectivity index (χ4v) is 2.61. The van der Waals surface area contributed by atoms with Crippen LogP contribution in [0.4, 0.5) is 0 Å². The van der Waals surface area contributed by atoms with E-state index in [1.165, 1.54) is 19.3 Å². The fourth-order valence-electron chi connectivity index (χ4n) is 2.61. The lowest BCUT2D eigenvalue weighted by atomic mass is 10.0. The summed E-state index contributed by atoms with van der Waals surface area (Å²) in [5, 5.41) is 3.49. The van der Waals surface area contributed by atoms with Crippen molar-refractivity contribution in [2.24, 2.45) is 0 Å². The zero-order valence-electron chi connectivity index (χ0n) is 10.6. The Labute approximate surface area is 104 Å². The van der Waals surface area contributed by atoms with E-state index in [2.05, 4.69) is 5.32 Å². The zero-order valence-corrected chi connectivity index (χ0v) is 10.6. The van der Waals surface area contributed by atoms with E-state index in [0.717, 1.165) is 38.9 Å². The maximum atomic E-state index is 11.7. The summed E-state index contributed by atoms with van der Waals surface area (Å²) in [4.78, 5) is 13.6. The number of piperidine rings is 1. The molecule has 0 spiro atoms. The Morgan fingerprint density at radius 3 is 2.76 bits per heavy atom. The monoisotopic (exact) mass is 240 g/mol. The van der Waals surface area contributed by atoms with E-state index in [9.17, 15) is 4.79 Å². The molecule has 4 nitrogen and oxygen atoms in total. The van der Waals surface area contributed by atoms with Crippen molar-refractivity contribution in [2.75, 3.05) is 32.8 Å². The average Bonchev–Trinajstić information content (AvgIpc) is 2.89. The molecule has 2 fully saturated rings. The van der Waals surface area contributed by atoms with E-state index in [4.69, 9.17) is 4.74 Å². The number of nitrogens with zero attached hydrogens (tertiary/aromatic N) is 1. The number of hydrogen-bond donors (Lipinski definition) is 1. The largest absolute Gasteiger partial charge is 0.372 e. The van der Waals surface area contributed by atoms with Crippen LogP contribution in [0.1, 0.15) is 38.5 Å². The van der Waals surface area contributed by atoms with Gasteiger partial charge < -0.3 is 15.0 Å². The molecule has 0 aromatic rings. The van der Waals surface area contributed by atoms with Gasteiger partial charge in [0.2, 0.25) is 5.91 Å². The van der Waals surface area contributed by atoms with Gasteiger partial charge >= 0.3 is 0 Å². The first-order chi connectivity index (χ1) is 8.36. The summed E-state index contributed by atoms with van der Waals surface area (Å²) in [6, 6.07) is 0.602. The normalized spacial score (nSPS) is 25.2. The Kier molecular flexibility index (Phi) is 5.26. The van der Waals surface area contributed by atoms with Crippen LogP contribution in [0.25, 0.3) is 0 Å². The van der Waals surface area contributed by atoms with Crippen LogP contribution in [0.5, 0.6) is 0 Å². The second-order valence-corrected chi connectivity index (χ2v) is 5.08. The smallest absolute Gasteiger partial charge is 0.248 e. The van der Waals surface area contributed by atoms with Gasteiger partial charge in [0.05, 0.1) is 0 Å². The molecule has 1 amide bonds. The van der Waals surface area contributed by atoms with E-state index in [1.807, 2.05) is 4.90 Å². The summed E-state index contributed by atoms with van der Waals surface area (Å²) in [5.41, 5.74) is 0. The van der Waals surface area contributed by atoms with Crippen molar-refractivity contribution in [3.05, 3.63) is 0 Å². The predicted molar refractivity (Wildman–Crippen MR) is 66.9 cm³/mol. The molecule has 2 aliphatic rings. The fraction of sp³-hybridized carbons (Fsp3) is 0.923. The first-order valence-electron chi connectivity index (χ1n) is 6.95. The highest BCUT2D eigenvalue weighted by atomic mass is 16.5. The molecule has 2 rings (SSSR count). The van der Waals surface area contributed by atoms with Gasteiger partial charge in [0.1, 0.15) is 6.61 Å². The van der Waals surface area contributed by atoms with Crippen molar-refractivity contribution in [3.63, 3.8) is 0 Å². The van der Waals surface area contributed by atoms with Gasteiger partial charge in [0.25, 0.3) is 0 Å². The molecule has 17 heavy (non-hydrogen) atoms. The first kappa shape index (κ1) is 12.8. The Bertz CT molecular complexity index is 234. The lowest BCUT2D eigenvalue weighted by Crippen LogP contribution is -2.35. The summed E-state index contributed by atoms with van der Waals surface area (Å²) in [6.45, 7) is 3.96. The molecule has 2 aliphatic heterocycles. The van der Waals surface area contributed by atoms with Gasteiger partial charge in [-0.05, 0) is 38.6 Å². The summed E-state index contributed by atoms with van der Waals surface area (Å²) in [5.74, 6) is 0.166. The SMILES string of the molecule is O=C(COCCC1CCCCN1)N1CCCC1. The molecular formula is C13H24N2O2. The second-order valence-electron chi connectivity index (χ2n) is 5.08. The minimum Gasteiger partial charge on any atom is -0.372 e. The summed E-state index contributed by atoms with van der Waals surface area (Å²) in [7, 11) is 0. The topological polar surface area (TPSA) is 41.6 Å². The van der Waals surface area contributed by atoms with Crippen molar-refractivity contribution in [3.8, 4) is 0 Å². The molecule has 0 aromatic carbocycles. The zero-order chi connectivity index (χ0) is 11.9. The maximum Gasteiger partial charge on any atom is 0.248 e. The molecule has 0 aromatic heterocycles. The molecule has 2 saturated heterocycles. The number of likely N-dealkylation sites (tertiary alicyclic amines) is 1. The molecular weight excluding hydrogens is 216 g/mol. The molecule has 0 saturated carbocycles. The third-order valence-corrected chi connectivity index (χ3v) is 3.71. The van der Waals surface area contributed by atoms with E-state index in [-0.39, 0.29) is 12.5 Å². The van der Waals surface area contributed by atoms with Crippen LogP contribution in [0.15, 0.2) is 0 Å². The maximum absolute atomic E-state index is 11.7. The molecule has 1 atom stereocenters. The summed E-state index contributed by atoms with van der Waals surface area (Å²) < 4.78 is 5.48. The van der Waals surface area contributed by atoms with Gasteiger partial charge in [-0.15, -0.1) is 0 Å². The van der Waals surface area contributed by atoms with E-state index in [1.54, 1.807) is 0 Å². The van der Waals surface area contributed by atoms with Gasteiger partial charge in [-0.2, -0.15) is 0 Å². The number of hydrogen-bond acceptors (Lipinski definition) is 3. The highest BCUT2D eigenvalue weighted by Crippen LogP contribution is 2.10. The molecule has 2 heterocycles.